The fourth-order valence-electron chi connectivity index (χ4n) is 5.48. The molecule has 44 heavy (non-hydrogen) atoms. The quantitative estimate of drug-likeness (QED) is 0.135. The molecule has 0 radical (unpaired) electrons. The summed E-state index contributed by atoms with van der Waals surface area (Å²) in [7, 11) is 3.98. The number of ketones is 1. The predicted octanol–water partition coefficient (Wildman–Crippen LogP) is 6.68. The van der Waals surface area contributed by atoms with Crippen LogP contribution >= 0.6 is 11.8 Å². The minimum absolute atomic E-state index is 0.0529. The zero-order chi connectivity index (χ0) is 31.1. The zero-order valence-corrected chi connectivity index (χ0v) is 26.7. The molecule has 2 N–H and O–H groups in total. The maximum absolute atomic E-state index is 13.6. The van der Waals surface area contributed by atoms with Gasteiger partial charge in [0.1, 0.15) is 11.6 Å². The topological polar surface area (TPSA) is 96.5 Å². The van der Waals surface area contributed by atoms with Gasteiger partial charge in [-0.05, 0) is 88.1 Å². The van der Waals surface area contributed by atoms with Crippen LogP contribution in [0.1, 0.15) is 54.9 Å². The van der Waals surface area contributed by atoms with Crippen LogP contribution in [0, 0.1) is 6.92 Å². The van der Waals surface area contributed by atoms with Crippen LogP contribution in [0.2, 0.25) is 0 Å². The van der Waals surface area contributed by atoms with E-state index >= 15 is 0 Å². The molecular weight excluding hydrogens is 570 g/mol. The van der Waals surface area contributed by atoms with Crippen molar-refractivity contribution in [2.45, 2.75) is 68.2 Å². The second kappa shape index (κ2) is 14.6. The third-order valence-electron chi connectivity index (χ3n) is 7.86. The molecule has 0 spiro atoms. The average Bonchev–Trinajstić information content (AvgIpc) is 3.02. The van der Waals surface area contributed by atoms with E-state index < -0.39 is 5.25 Å². The molecule has 0 aliphatic heterocycles. The minimum Gasteiger partial charge on any atom is -0.494 e. The van der Waals surface area contributed by atoms with E-state index in [1.54, 1.807) is 24.3 Å². The Morgan fingerprint density at radius 3 is 2.30 bits per heavy atom. The van der Waals surface area contributed by atoms with E-state index in [-0.39, 0.29) is 30.2 Å². The third kappa shape index (κ3) is 8.08. The van der Waals surface area contributed by atoms with Crippen molar-refractivity contribution in [2.75, 3.05) is 30.9 Å². The maximum atomic E-state index is 13.6. The number of aryl methyl sites for hydroxylation is 1. The Kier molecular flexibility index (Phi) is 10.4. The van der Waals surface area contributed by atoms with Crippen molar-refractivity contribution in [1.82, 2.24) is 15.3 Å². The van der Waals surface area contributed by atoms with Gasteiger partial charge in [-0.25, -0.2) is 4.98 Å². The number of thioether (sulfide) groups is 1. The zero-order valence-electron chi connectivity index (χ0n) is 25.9. The van der Waals surface area contributed by atoms with Crippen molar-refractivity contribution in [3.05, 3.63) is 83.9 Å². The van der Waals surface area contributed by atoms with Crippen LogP contribution in [0.15, 0.2) is 77.7 Å². The largest absolute Gasteiger partial charge is 0.494 e. The minimum atomic E-state index is -0.539. The lowest BCUT2D eigenvalue weighted by Crippen LogP contribution is -2.44. The van der Waals surface area contributed by atoms with Crippen molar-refractivity contribution in [3.63, 3.8) is 0 Å². The summed E-state index contributed by atoms with van der Waals surface area (Å²) in [6.45, 7) is 4.52. The van der Waals surface area contributed by atoms with Gasteiger partial charge in [-0.1, -0.05) is 29.8 Å². The van der Waals surface area contributed by atoms with Gasteiger partial charge in [0.2, 0.25) is 11.9 Å². The number of hydrogen-bond donors (Lipinski definition) is 2. The highest BCUT2D eigenvalue weighted by Gasteiger charge is 2.29. The number of para-hydroxylation sites is 1. The van der Waals surface area contributed by atoms with Gasteiger partial charge >= 0.3 is 0 Å². The molecule has 9 heteroatoms. The summed E-state index contributed by atoms with van der Waals surface area (Å²) in [5.74, 6) is 2.08. The van der Waals surface area contributed by atoms with Crippen LogP contribution in [-0.2, 0) is 4.79 Å². The van der Waals surface area contributed by atoms with Crippen molar-refractivity contribution in [3.8, 4) is 5.75 Å². The molecular formula is C35H41N5O3S. The third-order valence-corrected chi connectivity index (χ3v) is 9.07. The highest BCUT2D eigenvalue weighted by Crippen LogP contribution is 2.30. The first-order valence-electron chi connectivity index (χ1n) is 15.3. The molecule has 230 valence electrons. The second-order valence-corrected chi connectivity index (χ2v) is 12.8. The second-order valence-electron chi connectivity index (χ2n) is 11.5. The number of amides is 1. The van der Waals surface area contributed by atoms with E-state index in [9.17, 15) is 9.59 Å². The monoisotopic (exact) mass is 611 g/mol. The van der Waals surface area contributed by atoms with E-state index in [1.165, 1.54) is 11.8 Å². The van der Waals surface area contributed by atoms with Gasteiger partial charge in [0, 0.05) is 48.4 Å². The molecule has 1 aromatic heterocycles. The van der Waals surface area contributed by atoms with E-state index in [0.29, 0.717) is 18.1 Å². The number of fused-ring (bicyclic) bond motifs is 1. The summed E-state index contributed by atoms with van der Waals surface area (Å²) in [5, 5.41) is 7.29. The number of benzene rings is 3. The highest BCUT2D eigenvalue weighted by molar-refractivity contribution is 8.00. The van der Waals surface area contributed by atoms with Gasteiger partial charge in [0.25, 0.3) is 0 Å². The number of carbonyl (C=O) groups excluding carboxylic acids is 2. The number of hydrogen-bond acceptors (Lipinski definition) is 8. The van der Waals surface area contributed by atoms with Crippen molar-refractivity contribution in [2.24, 2.45) is 0 Å². The number of rotatable bonds is 12. The molecule has 5 rings (SSSR count). The highest BCUT2D eigenvalue weighted by atomic mass is 32.2. The van der Waals surface area contributed by atoms with Crippen LogP contribution in [0.3, 0.4) is 0 Å². The number of nitrogens with one attached hydrogen (secondary N) is 2. The molecule has 0 bridgehead atoms. The van der Waals surface area contributed by atoms with Gasteiger partial charge in [-0.15, -0.1) is 11.8 Å². The van der Waals surface area contributed by atoms with E-state index in [0.717, 1.165) is 58.6 Å². The van der Waals surface area contributed by atoms with Gasteiger partial charge in [0.05, 0.1) is 17.4 Å². The fourth-order valence-corrected chi connectivity index (χ4v) is 6.51. The predicted molar refractivity (Wildman–Crippen MR) is 179 cm³/mol. The molecule has 1 saturated carbocycles. The molecule has 1 aliphatic rings. The Bertz CT molecular complexity index is 1570. The van der Waals surface area contributed by atoms with Crippen LogP contribution in [0.4, 0.5) is 11.8 Å². The number of carbonyl (C=O) groups is 2. The first-order valence-corrected chi connectivity index (χ1v) is 16.2. The Balaban J connectivity index is 1.21. The first kappa shape index (κ1) is 31.3. The lowest BCUT2D eigenvalue weighted by Gasteiger charge is -2.31. The SMILES string of the molecule is CCOc1ccc(C(=O)CC(Sc2ccc(C)cc2)C(=O)N[C@H]2CC[C@@H](Nc3nc(N(C)C)c4ccccc4n3)CC2)cc1. The van der Waals surface area contributed by atoms with Gasteiger partial charge < -0.3 is 20.3 Å². The number of anilines is 2. The number of ether oxygens (including phenoxy) is 1. The molecule has 8 nitrogen and oxygen atoms in total. The molecule has 3 aromatic carbocycles. The fraction of sp³-hybridized carbons (Fsp3) is 0.371. The van der Waals surface area contributed by atoms with Crippen LogP contribution < -0.4 is 20.3 Å². The van der Waals surface area contributed by atoms with Crippen molar-refractivity contribution < 1.29 is 14.3 Å². The normalized spacial score (nSPS) is 17.1. The summed E-state index contributed by atoms with van der Waals surface area (Å²) in [6.07, 6.45) is 3.57. The molecule has 1 aliphatic carbocycles. The molecule has 4 aromatic rings. The lowest BCUT2D eigenvalue weighted by atomic mass is 9.91. The number of nitrogens with zero attached hydrogens (tertiary/aromatic N) is 3. The maximum Gasteiger partial charge on any atom is 0.234 e. The molecule has 1 fully saturated rings. The van der Waals surface area contributed by atoms with E-state index in [4.69, 9.17) is 14.7 Å². The van der Waals surface area contributed by atoms with Crippen molar-refractivity contribution >= 4 is 46.1 Å². The number of Topliss-reactive ketones (excluding diaryl/α,β-unsaturated/α-hetero) is 1. The van der Waals surface area contributed by atoms with Crippen molar-refractivity contribution in [1.29, 1.82) is 0 Å². The average molecular weight is 612 g/mol. The Hall–Kier alpha value is -4.11. The molecule has 1 unspecified atom stereocenters. The lowest BCUT2D eigenvalue weighted by molar-refractivity contribution is -0.121. The smallest absolute Gasteiger partial charge is 0.234 e. The number of aromatic nitrogens is 2. The molecule has 1 atom stereocenters. The van der Waals surface area contributed by atoms with Gasteiger partial charge in [0.15, 0.2) is 5.78 Å². The van der Waals surface area contributed by atoms with E-state index in [1.807, 2.05) is 81.4 Å². The summed E-state index contributed by atoms with van der Waals surface area (Å²) in [6, 6.07) is 23.5. The summed E-state index contributed by atoms with van der Waals surface area (Å²) in [5.41, 5.74) is 2.64. The van der Waals surface area contributed by atoms with E-state index in [2.05, 4.69) is 10.6 Å². The van der Waals surface area contributed by atoms with Crippen LogP contribution in [0.5, 0.6) is 5.75 Å². The summed E-state index contributed by atoms with van der Waals surface area (Å²) in [4.78, 5) is 39.4. The molecule has 1 amide bonds. The van der Waals surface area contributed by atoms with Gasteiger partial charge in [-0.3, -0.25) is 9.59 Å². The Morgan fingerprint density at radius 2 is 1.61 bits per heavy atom. The van der Waals surface area contributed by atoms with Crippen LogP contribution in [-0.4, -0.2) is 59.7 Å². The standard InChI is InChI=1S/C35H41N5O3S/c1-5-43-27-18-12-24(13-19-27)31(41)22-32(44-28-20-10-23(2)11-21-28)34(42)36-25-14-16-26(17-15-25)37-35-38-30-9-7-6-8-29(30)33(39-35)40(3)4/h6-13,18-21,25-26,32H,5,14-17,22H2,1-4H3,(H,36,42)(H,37,38,39)/t25-,26+,32?. The molecule has 1 heterocycles. The van der Waals surface area contributed by atoms with Crippen LogP contribution in [0.25, 0.3) is 10.9 Å². The Labute approximate surface area is 264 Å². The van der Waals surface area contributed by atoms with Gasteiger partial charge in [-0.2, -0.15) is 4.98 Å². The summed E-state index contributed by atoms with van der Waals surface area (Å²) >= 11 is 1.44. The first-order chi connectivity index (χ1) is 21.3. The Morgan fingerprint density at radius 1 is 0.932 bits per heavy atom. The molecule has 0 saturated heterocycles. The summed E-state index contributed by atoms with van der Waals surface area (Å²) < 4.78 is 5.51.